The van der Waals surface area contributed by atoms with Gasteiger partial charge in [0.1, 0.15) is 0 Å². The van der Waals surface area contributed by atoms with Gasteiger partial charge in [0.15, 0.2) is 12.4 Å². The fourth-order valence-corrected chi connectivity index (χ4v) is 2.47. The third kappa shape index (κ3) is 3.92. The molecule has 0 bridgehead atoms. The molecule has 0 aliphatic heterocycles. The van der Waals surface area contributed by atoms with E-state index in [4.69, 9.17) is 44.4 Å². The third-order valence-corrected chi connectivity index (χ3v) is 3.51. The Hall–Kier alpha value is -0.690. The van der Waals surface area contributed by atoms with E-state index in [1.54, 1.807) is 0 Å². The number of carbonyl (C=O) groups excluding carboxylic acids is 1. The van der Waals surface area contributed by atoms with Gasteiger partial charge in [0.2, 0.25) is 0 Å². The molecule has 0 saturated heterocycles. The van der Waals surface area contributed by atoms with Crippen molar-refractivity contribution in [2.45, 2.75) is 4.90 Å². The van der Waals surface area contributed by atoms with E-state index in [-0.39, 0.29) is 20.7 Å². The number of ether oxygens (including phenoxy) is 1. The first-order chi connectivity index (χ1) is 7.71. The second-order valence-electron chi connectivity index (χ2n) is 2.91. The number of benzene rings is 1. The van der Waals surface area contributed by atoms with Crippen LogP contribution in [0.25, 0.3) is 0 Å². The van der Waals surface area contributed by atoms with Gasteiger partial charge in [-0.1, -0.05) is 23.2 Å². The Bertz CT molecular complexity index is 535. The molecule has 94 valence electrons. The zero-order valence-electron chi connectivity index (χ0n) is 8.11. The molecule has 2 N–H and O–H groups in total. The van der Waals surface area contributed by atoms with Crippen LogP contribution >= 0.6 is 33.9 Å². The molecule has 0 atom stereocenters. The number of hydrogen-bond donors (Lipinski definition) is 1. The second kappa shape index (κ2) is 5.30. The highest BCUT2D eigenvalue weighted by atomic mass is 35.7. The van der Waals surface area contributed by atoms with E-state index in [2.05, 4.69) is 0 Å². The van der Waals surface area contributed by atoms with Crippen molar-refractivity contribution >= 4 is 48.8 Å². The summed E-state index contributed by atoms with van der Waals surface area (Å²) in [7, 11) is 1.18. The van der Waals surface area contributed by atoms with E-state index < -0.39 is 21.6 Å². The summed E-state index contributed by atoms with van der Waals surface area (Å²) in [5, 5.41) is -0.170. The molecule has 0 heterocycles. The first-order valence-corrected chi connectivity index (χ1v) is 7.13. The van der Waals surface area contributed by atoms with E-state index in [9.17, 15) is 13.2 Å². The average molecular weight is 319 g/mol. The van der Waals surface area contributed by atoms with Crippen molar-refractivity contribution in [1.82, 2.24) is 0 Å². The Morgan fingerprint density at radius 1 is 1.29 bits per heavy atom. The maximum Gasteiger partial charge on any atom is 0.261 e. The van der Waals surface area contributed by atoms with Crippen LogP contribution in [0.1, 0.15) is 0 Å². The van der Waals surface area contributed by atoms with Crippen molar-refractivity contribution in [3.8, 4) is 5.75 Å². The van der Waals surface area contributed by atoms with Crippen LogP contribution < -0.4 is 10.5 Å². The molecule has 17 heavy (non-hydrogen) atoms. The molecule has 0 aliphatic carbocycles. The molecule has 1 amide bonds. The highest BCUT2D eigenvalue weighted by Gasteiger charge is 2.17. The minimum atomic E-state index is -3.94. The van der Waals surface area contributed by atoms with Crippen molar-refractivity contribution in [3.05, 3.63) is 22.2 Å². The van der Waals surface area contributed by atoms with Gasteiger partial charge in [-0.25, -0.2) is 8.42 Å². The highest BCUT2D eigenvalue weighted by Crippen LogP contribution is 2.36. The van der Waals surface area contributed by atoms with Crippen LogP contribution in [0.4, 0.5) is 0 Å². The molecule has 0 radical (unpaired) electrons. The third-order valence-electron chi connectivity index (χ3n) is 1.61. The number of primary amides is 1. The number of halogens is 3. The number of amides is 1. The summed E-state index contributed by atoms with van der Waals surface area (Å²) in [6.45, 7) is -0.424. The predicted molar refractivity (Wildman–Crippen MR) is 64.2 cm³/mol. The molecule has 0 spiro atoms. The normalized spacial score (nSPS) is 11.2. The Kier molecular flexibility index (Phi) is 4.48. The zero-order valence-corrected chi connectivity index (χ0v) is 11.2. The maximum atomic E-state index is 11.0. The summed E-state index contributed by atoms with van der Waals surface area (Å²) in [6, 6.07) is 2.12. The summed E-state index contributed by atoms with van der Waals surface area (Å²) in [4.78, 5) is 10.3. The largest absolute Gasteiger partial charge is 0.481 e. The van der Waals surface area contributed by atoms with Crippen molar-refractivity contribution in [2.24, 2.45) is 5.73 Å². The molecule has 5 nitrogen and oxygen atoms in total. The van der Waals surface area contributed by atoms with E-state index in [1.165, 1.54) is 0 Å². The number of rotatable bonds is 4. The van der Waals surface area contributed by atoms with Gasteiger partial charge < -0.3 is 10.5 Å². The van der Waals surface area contributed by atoms with Gasteiger partial charge in [0.05, 0.1) is 14.9 Å². The quantitative estimate of drug-likeness (QED) is 0.857. The number of nitrogens with two attached hydrogens (primary N) is 1. The van der Waals surface area contributed by atoms with Crippen LogP contribution in [0.5, 0.6) is 5.75 Å². The highest BCUT2D eigenvalue weighted by molar-refractivity contribution is 8.13. The maximum absolute atomic E-state index is 11.0. The smallest absolute Gasteiger partial charge is 0.261 e. The van der Waals surface area contributed by atoms with Crippen molar-refractivity contribution < 1.29 is 17.9 Å². The van der Waals surface area contributed by atoms with Crippen molar-refractivity contribution in [2.75, 3.05) is 6.61 Å². The van der Waals surface area contributed by atoms with Gasteiger partial charge in [0, 0.05) is 10.7 Å². The lowest BCUT2D eigenvalue weighted by atomic mass is 10.3. The monoisotopic (exact) mass is 317 g/mol. The SMILES string of the molecule is NC(=O)COc1c(Cl)cc(S(=O)(=O)Cl)cc1Cl. The Labute approximate surface area is 112 Å². The molecule has 0 unspecified atom stereocenters. The fourth-order valence-electron chi connectivity index (χ4n) is 0.959. The molecule has 1 rings (SSSR count). The van der Waals surface area contributed by atoms with Gasteiger partial charge in [-0.05, 0) is 12.1 Å². The van der Waals surface area contributed by atoms with Crippen molar-refractivity contribution in [1.29, 1.82) is 0 Å². The lowest BCUT2D eigenvalue weighted by Crippen LogP contribution is -2.20. The number of hydrogen-bond acceptors (Lipinski definition) is 4. The summed E-state index contributed by atoms with van der Waals surface area (Å²) in [5.74, 6) is -0.748. The molecule has 9 heteroatoms. The van der Waals surface area contributed by atoms with Gasteiger partial charge in [-0.15, -0.1) is 0 Å². The Morgan fingerprint density at radius 3 is 2.12 bits per heavy atom. The molecule has 1 aromatic carbocycles. The molecule has 0 aromatic heterocycles. The first kappa shape index (κ1) is 14.4. The minimum absolute atomic E-state index is 0.0313. The summed E-state index contributed by atoms with van der Waals surface area (Å²) >= 11 is 11.5. The lowest BCUT2D eigenvalue weighted by molar-refractivity contribution is -0.119. The standard InChI is InChI=1S/C8H6Cl3NO4S/c9-5-1-4(17(11,14)15)2-6(10)8(5)16-3-7(12)13/h1-2H,3H2,(H2,12,13). The molecular weight excluding hydrogens is 313 g/mol. The average Bonchev–Trinajstić information content (AvgIpc) is 2.14. The van der Waals surface area contributed by atoms with E-state index in [0.29, 0.717) is 0 Å². The summed E-state index contributed by atoms with van der Waals surface area (Å²) in [5.41, 5.74) is 4.87. The Balaban J connectivity index is 3.15. The molecule has 0 aliphatic rings. The lowest BCUT2D eigenvalue weighted by Gasteiger charge is -2.09. The van der Waals surface area contributed by atoms with Gasteiger partial charge in [-0.2, -0.15) is 0 Å². The number of carbonyl (C=O) groups is 1. The van der Waals surface area contributed by atoms with E-state index >= 15 is 0 Å². The van der Waals surface area contributed by atoms with Crippen LogP contribution in [0, 0.1) is 0 Å². The molecule has 1 aromatic rings. The van der Waals surface area contributed by atoms with Crippen LogP contribution in [0.3, 0.4) is 0 Å². The van der Waals surface area contributed by atoms with Crippen LogP contribution in [0.2, 0.25) is 10.0 Å². The van der Waals surface area contributed by atoms with E-state index in [0.717, 1.165) is 12.1 Å². The minimum Gasteiger partial charge on any atom is -0.481 e. The van der Waals surface area contributed by atoms with Crippen molar-refractivity contribution in [3.63, 3.8) is 0 Å². The molecular formula is C8H6Cl3NO4S. The summed E-state index contributed by atoms with van der Waals surface area (Å²) in [6.07, 6.45) is 0. The first-order valence-electron chi connectivity index (χ1n) is 4.06. The van der Waals surface area contributed by atoms with Crippen LogP contribution in [-0.4, -0.2) is 20.9 Å². The fraction of sp³-hybridized carbons (Fsp3) is 0.125. The Morgan fingerprint density at radius 2 is 1.76 bits per heavy atom. The van der Waals surface area contributed by atoms with Gasteiger partial charge in [-0.3, -0.25) is 4.79 Å². The van der Waals surface area contributed by atoms with E-state index in [1.807, 2.05) is 0 Å². The zero-order chi connectivity index (χ0) is 13.2. The topological polar surface area (TPSA) is 86.5 Å². The molecule has 0 fully saturated rings. The van der Waals surface area contributed by atoms with Crippen LogP contribution in [0.15, 0.2) is 17.0 Å². The van der Waals surface area contributed by atoms with Crippen LogP contribution in [-0.2, 0) is 13.8 Å². The summed E-state index contributed by atoms with van der Waals surface area (Å²) < 4.78 is 27.0. The van der Waals surface area contributed by atoms with Gasteiger partial charge >= 0.3 is 0 Å². The second-order valence-corrected chi connectivity index (χ2v) is 6.29. The predicted octanol–water partition coefficient (Wildman–Crippen LogP) is 1.79. The van der Waals surface area contributed by atoms with Gasteiger partial charge in [0.25, 0.3) is 15.0 Å². The molecule has 0 saturated carbocycles.